The van der Waals surface area contributed by atoms with Crippen LogP contribution in [0.1, 0.15) is 17.7 Å². The van der Waals surface area contributed by atoms with Crippen LogP contribution in [0.2, 0.25) is 0 Å². The molecule has 0 amide bonds. The lowest BCUT2D eigenvalue weighted by atomic mass is 10.2. The largest absolute Gasteiger partial charge is 0.356 e. The second-order valence-corrected chi connectivity index (χ2v) is 3.67. The van der Waals surface area contributed by atoms with Crippen LogP contribution in [0.15, 0.2) is 23.3 Å². The number of nitrogens with one attached hydrogen (secondary N) is 2. The summed E-state index contributed by atoms with van der Waals surface area (Å²) in [5.41, 5.74) is 2.22. The van der Waals surface area contributed by atoms with Gasteiger partial charge in [0.15, 0.2) is 5.96 Å². The minimum absolute atomic E-state index is 0. The number of pyridine rings is 1. The molecule has 16 heavy (non-hydrogen) atoms. The topological polar surface area (TPSA) is 49.3 Å². The number of rotatable bonds is 2. The molecule has 0 fully saturated rings. The minimum atomic E-state index is 0. The fraction of sp³-hybridized carbons (Fsp3) is 0.455. The Hall–Kier alpha value is -0.850. The van der Waals surface area contributed by atoms with Crippen LogP contribution in [0, 0.1) is 6.92 Å². The van der Waals surface area contributed by atoms with Gasteiger partial charge in [0.2, 0.25) is 0 Å². The van der Waals surface area contributed by atoms with Crippen LogP contribution in [-0.4, -0.2) is 24.0 Å². The number of aliphatic imine (C=N–C) groups is 1. The number of halogens is 1. The standard InChI is InChI=1S/C11H16N4.HI/c1-9-3-4-10(7-14-9)8-15-11-12-5-2-6-13-11;/h3-4,7H,2,5-6,8H2,1H3,(H2,12,13,15);1H. The Morgan fingerprint density at radius 1 is 1.44 bits per heavy atom. The molecule has 0 unspecified atom stereocenters. The first-order chi connectivity index (χ1) is 7.34. The predicted octanol–water partition coefficient (Wildman–Crippen LogP) is 1.45. The summed E-state index contributed by atoms with van der Waals surface area (Å²) in [4.78, 5) is 8.58. The lowest BCUT2D eigenvalue weighted by Gasteiger charge is -2.15. The molecule has 2 heterocycles. The van der Waals surface area contributed by atoms with Gasteiger partial charge in [-0.1, -0.05) is 6.07 Å². The van der Waals surface area contributed by atoms with Gasteiger partial charge in [-0.15, -0.1) is 24.0 Å². The Labute approximate surface area is 113 Å². The summed E-state index contributed by atoms with van der Waals surface area (Å²) in [6.07, 6.45) is 3.02. The van der Waals surface area contributed by atoms with Crippen LogP contribution in [0.25, 0.3) is 0 Å². The van der Waals surface area contributed by atoms with E-state index in [1.807, 2.05) is 19.2 Å². The van der Waals surface area contributed by atoms with E-state index in [2.05, 4.69) is 26.7 Å². The Balaban J connectivity index is 0.00000128. The van der Waals surface area contributed by atoms with Gasteiger partial charge in [0, 0.05) is 31.5 Å². The number of aryl methyl sites for hydroxylation is 1. The SMILES string of the molecule is Cc1ccc(CNC2=NCCCN2)cn1.I. The maximum absolute atomic E-state index is 4.34. The van der Waals surface area contributed by atoms with Crippen molar-refractivity contribution in [3.63, 3.8) is 0 Å². The van der Waals surface area contributed by atoms with Gasteiger partial charge in [-0.25, -0.2) is 0 Å². The molecule has 2 N–H and O–H groups in total. The highest BCUT2D eigenvalue weighted by Crippen LogP contribution is 1.98. The van der Waals surface area contributed by atoms with Crippen LogP contribution in [0.5, 0.6) is 0 Å². The fourth-order valence-electron chi connectivity index (χ4n) is 1.44. The lowest BCUT2D eigenvalue weighted by Crippen LogP contribution is -2.40. The second kappa shape index (κ2) is 6.67. The second-order valence-electron chi connectivity index (χ2n) is 3.67. The molecule has 1 aromatic heterocycles. The van der Waals surface area contributed by atoms with Crippen molar-refractivity contribution in [2.24, 2.45) is 4.99 Å². The molecule has 2 rings (SSSR count). The zero-order valence-corrected chi connectivity index (χ0v) is 11.7. The summed E-state index contributed by atoms with van der Waals surface area (Å²) in [5.74, 6) is 0.904. The van der Waals surface area contributed by atoms with Crippen molar-refractivity contribution in [3.8, 4) is 0 Å². The lowest BCUT2D eigenvalue weighted by molar-refractivity contribution is 0.701. The zero-order chi connectivity index (χ0) is 10.5. The Kier molecular flexibility index (Phi) is 5.51. The summed E-state index contributed by atoms with van der Waals surface area (Å²) < 4.78 is 0. The van der Waals surface area contributed by atoms with Crippen molar-refractivity contribution in [1.29, 1.82) is 0 Å². The molecule has 1 aliphatic rings. The number of hydrogen-bond donors (Lipinski definition) is 2. The molecule has 0 aliphatic carbocycles. The van der Waals surface area contributed by atoms with E-state index in [0.717, 1.165) is 37.7 Å². The molecular weight excluding hydrogens is 315 g/mol. The fourth-order valence-corrected chi connectivity index (χ4v) is 1.44. The zero-order valence-electron chi connectivity index (χ0n) is 9.36. The highest BCUT2D eigenvalue weighted by Gasteiger charge is 2.02. The van der Waals surface area contributed by atoms with Crippen molar-refractivity contribution >= 4 is 29.9 Å². The minimum Gasteiger partial charge on any atom is -0.356 e. The van der Waals surface area contributed by atoms with Gasteiger partial charge in [-0.05, 0) is 25.0 Å². The first-order valence-electron chi connectivity index (χ1n) is 5.28. The summed E-state index contributed by atoms with van der Waals surface area (Å²) in [6.45, 7) is 4.70. The molecule has 4 nitrogen and oxygen atoms in total. The monoisotopic (exact) mass is 332 g/mol. The predicted molar refractivity (Wildman–Crippen MR) is 76.2 cm³/mol. The molecule has 1 aromatic rings. The van der Waals surface area contributed by atoms with E-state index < -0.39 is 0 Å². The molecule has 0 atom stereocenters. The van der Waals surface area contributed by atoms with Crippen LogP contribution < -0.4 is 10.6 Å². The number of guanidine groups is 1. The third-order valence-electron chi connectivity index (χ3n) is 2.33. The average Bonchev–Trinajstić information content (AvgIpc) is 2.30. The van der Waals surface area contributed by atoms with E-state index in [4.69, 9.17) is 0 Å². The number of aromatic nitrogens is 1. The van der Waals surface area contributed by atoms with E-state index >= 15 is 0 Å². The summed E-state index contributed by atoms with van der Waals surface area (Å²) in [6, 6.07) is 4.10. The number of nitrogens with zero attached hydrogens (tertiary/aromatic N) is 2. The molecule has 0 spiro atoms. The molecule has 0 radical (unpaired) electrons. The van der Waals surface area contributed by atoms with Crippen molar-refractivity contribution < 1.29 is 0 Å². The van der Waals surface area contributed by atoms with Gasteiger partial charge in [0.25, 0.3) is 0 Å². The van der Waals surface area contributed by atoms with E-state index in [1.54, 1.807) is 0 Å². The van der Waals surface area contributed by atoms with E-state index in [-0.39, 0.29) is 24.0 Å². The third kappa shape index (κ3) is 3.96. The maximum atomic E-state index is 4.34. The van der Waals surface area contributed by atoms with Gasteiger partial charge < -0.3 is 10.6 Å². The molecule has 0 aromatic carbocycles. The van der Waals surface area contributed by atoms with Gasteiger partial charge in [-0.3, -0.25) is 9.98 Å². The molecule has 1 aliphatic heterocycles. The van der Waals surface area contributed by atoms with Gasteiger partial charge in [-0.2, -0.15) is 0 Å². The smallest absolute Gasteiger partial charge is 0.191 e. The summed E-state index contributed by atoms with van der Waals surface area (Å²) >= 11 is 0. The van der Waals surface area contributed by atoms with Crippen molar-refractivity contribution in [3.05, 3.63) is 29.6 Å². The van der Waals surface area contributed by atoms with Crippen molar-refractivity contribution in [2.75, 3.05) is 13.1 Å². The highest BCUT2D eigenvalue weighted by atomic mass is 127. The first-order valence-corrected chi connectivity index (χ1v) is 5.28. The molecular formula is C11H17IN4. The Bertz CT molecular complexity index is 348. The normalized spacial score (nSPS) is 14.4. The van der Waals surface area contributed by atoms with Gasteiger partial charge >= 0.3 is 0 Å². The van der Waals surface area contributed by atoms with Crippen LogP contribution in [0.4, 0.5) is 0 Å². The highest BCUT2D eigenvalue weighted by molar-refractivity contribution is 14.0. The maximum Gasteiger partial charge on any atom is 0.191 e. The van der Waals surface area contributed by atoms with Crippen molar-refractivity contribution in [1.82, 2.24) is 15.6 Å². The average molecular weight is 332 g/mol. The molecule has 0 bridgehead atoms. The quantitative estimate of drug-likeness (QED) is 0.806. The molecule has 0 saturated heterocycles. The van der Waals surface area contributed by atoms with Crippen molar-refractivity contribution in [2.45, 2.75) is 19.9 Å². The van der Waals surface area contributed by atoms with Crippen LogP contribution >= 0.6 is 24.0 Å². The van der Waals surface area contributed by atoms with Gasteiger partial charge in [0.05, 0.1) is 0 Å². The molecule has 5 heteroatoms. The third-order valence-corrected chi connectivity index (χ3v) is 2.33. The van der Waals surface area contributed by atoms with Crippen LogP contribution in [-0.2, 0) is 6.54 Å². The van der Waals surface area contributed by atoms with E-state index in [1.165, 1.54) is 5.56 Å². The molecule has 0 saturated carbocycles. The summed E-state index contributed by atoms with van der Waals surface area (Å²) in [5, 5.41) is 6.48. The van der Waals surface area contributed by atoms with E-state index in [9.17, 15) is 0 Å². The van der Waals surface area contributed by atoms with E-state index in [0.29, 0.717) is 0 Å². The first kappa shape index (κ1) is 13.2. The molecule has 88 valence electrons. The Morgan fingerprint density at radius 3 is 2.94 bits per heavy atom. The Morgan fingerprint density at radius 2 is 2.31 bits per heavy atom. The summed E-state index contributed by atoms with van der Waals surface area (Å²) in [7, 11) is 0. The number of hydrogen-bond acceptors (Lipinski definition) is 4. The van der Waals surface area contributed by atoms with Gasteiger partial charge in [0.1, 0.15) is 0 Å². The van der Waals surface area contributed by atoms with Crippen LogP contribution in [0.3, 0.4) is 0 Å².